The summed E-state index contributed by atoms with van der Waals surface area (Å²) in [5.74, 6) is -0.201. The minimum absolute atomic E-state index is 0.106. The zero-order valence-electron chi connectivity index (χ0n) is 15.5. The Morgan fingerprint density at radius 3 is 2.31 bits per heavy atom. The van der Waals surface area contributed by atoms with Crippen LogP contribution in [0.25, 0.3) is 0 Å². The number of aryl methyl sites for hydroxylation is 2. The summed E-state index contributed by atoms with van der Waals surface area (Å²) in [6.07, 6.45) is 2.22. The first-order chi connectivity index (χ1) is 12.3. The second kappa shape index (κ2) is 8.96. The monoisotopic (exact) mass is 374 g/mol. The molecule has 0 saturated carbocycles. The molecule has 0 atom stereocenters. The largest absolute Gasteiger partial charge is 0.326 e. The average Bonchev–Trinajstić information content (AvgIpc) is 2.59. The number of carbonyl (C=O) groups is 1. The molecule has 0 saturated heterocycles. The highest BCUT2D eigenvalue weighted by atomic mass is 32.2. The molecule has 0 spiro atoms. The van der Waals surface area contributed by atoms with Crippen molar-refractivity contribution in [3.05, 3.63) is 65.2 Å². The Balaban J connectivity index is 1.98. The van der Waals surface area contributed by atoms with Gasteiger partial charge in [0.2, 0.25) is 15.9 Å². The third-order valence-corrected chi connectivity index (χ3v) is 5.56. The van der Waals surface area contributed by atoms with Gasteiger partial charge in [0.25, 0.3) is 0 Å². The molecule has 2 aromatic carbocycles. The molecule has 0 aliphatic carbocycles. The van der Waals surface area contributed by atoms with Crippen molar-refractivity contribution in [2.45, 2.75) is 33.2 Å². The number of benzene rings is 2. The average molecular weight is 375 g/mol. The molecule has 1 amide bonds. The van der Waals surface area contributed by atoms with Crippen molar-refractivity contribution in [3.8, 4) is 0 Å². The van der Waals surface area contributed by atoms with Gasteiger partial charge in [0.15, 0.2) is 0 Å². The third kappa shape index (κ3) is 5.97. The number of rotatable bonds is 8. The van der Waals surface area contributed by atoms with Gasteiger partial charge < -0.3 is 5.32 Å². The molecule has 0 unspecified atom stereocenters. The lowest BCUT2D eigenvalue weighted by Gasteiger charge is -2.20. The molecule has 0 aromatic heterocycles. The van der Waals surface area contributed by atoms with Crippen molar-refractivity contribution in [1.29, 1.82) is 0 Å². The molecule has 0 fully saturated rings. The molecule has 6 heteroatoms. The smallest absolute Gasteiger partial charge is 0.225 e. The first-order valence-electron chi connectivity index (χ1n) is 8.68. The lowest BCUT2D eigenvalue weighted by atomic mass is 10.1. The van der Waals surface area contributed by atoms with Gasteiger partial charge >= 0.3 is 0 Å². The van der Waals surface area contributed by atoms with E-state index in [2.05, 4.69) is 12.2 Å². The van der Waals surface area contributed by atoms with E-state index in [1.807, 2.05) is 55.5 Å². The summed E-state index contributed by atoms with van der Waals surface area (Å²) in [7, 11) is -3.40. The highest BCUT2D eigenvalue weighted by Crippen LogP contribution is 2.14. The summed E-state index contributed by atoms with van der Waals surface area (Å²) < 4.78 is 25.5. The lowest BCUT2D eigenvalue weighted by Crippen LogP contribution is -2.32. The number of nitrogens with zero attached hydrogens (tertiary/aromatic N) is 1. The number of nitrogens with one attached hydrogen (secondary N) is 1. The highest BCUT2D eigenvalue weighted by Gasteiger charge is 2.19. The third-order valence-electron chi connectivity index (χ3n) is 4.31. The molecule has 26 heavy (non-hydrogen) atoms. The van der Waals surface area contributed by atoms with Gasteiger partial charge in [0.05, 0.1) is 6.26 Å². The van der Waals surface area contributed by atoms with Crippen molar-refractivity contribution < 1.29 is 13.2 Å². The molecule has 0 radical (unpaired) electrons. The molecule has 2 rings (SSSR count). The van der Waals surface area contributed by atoms with Gasteiger partial charge in [-0.1, -0.05) is 43.3 Å². The number of hydrogen-bond donors (Lipinski definition) is 1. The van der Waals surface area contributed by atoms with E-state index in [0.29, 0.717) is 0 Å². The Morgan fingerprint density at radius 2 is 1.73 bits per heavy atom. The number of sulfonamides is 1. The van der Waals surface area contributed by atoms with Gasteiger partial charge in [0.1, 0.15) is 0 Å². The number of carbonyl (C=O) groups excluding carboxylic acids is 1. The number of hydrogen-bond acceptors (Lipinski definition) is 3. The van der Waals surface area contributed by atoms with Crippen molar-refractivity contribution in [1.82, 2.24) is 4.31 Å². The summed E-state index contributed by atoms with van der Waals surface area (Å²) in [4.78, 5) is 12.2. The molecule has 1 N–H and O–H groups in total. The molecule has 0 bridgehead atoms. The summed E-state index contributed by atoms with van der Waals surface area (Å²) >= 11 is 0. The second-order valence-corrected chi connectivity index (χ2v) is 8.35. The molecular weight excluding hydrogens is 348 g/mol. The SMILES string of the molecule is CCc1ccc(NC(=O)CCN(Cc2ccccc2C)S(C)(=O)=O)cc1. The number of anilines is 1. The lowest BCUT2D eigenvalue weighted by molar-refractivity contribution is -0.116. The van der Waals surface area contributed by atoms with Gasteiger partial charge in [-0.3, -0.25) is 4.79 Å². The van der Waals surface area contributed by atoms with Crippen molar-refractivity contribution in [3.63, 3.8) is 0 Å². The van der Waals surface area contributed by atoms with E-state index in [9.17, 15) is 13.2 Å². The van der Waals surface area contributed by atoms with Crippen LogP contribution in [0, 0.1) is 6.92 Å². The first-order valence-corrected chi connectivity index (χ1v) is 10.5. The molecular formula is C20H26N2O3S. The molecule has 0 aliphatic heterocycles. The summed E-state index contributed by atoms with van der Waals surface area (Å²) in [5, 5.41) is 2.81. The van der Waals surface area contributed by atoms with E-state index in [4.69, 9.17) is 0 Å². The summed E-state index contributed by atoms with van der Waals surface area (Å²) in [5.41, 5.74) is 3.89. The van der Waals surface area contributed by atoms with Crippen LogP contribution in [-0.4, -0.2) is 31.4 Å². The summed E-state index contributed by atoms with van der Waals surface area (Å²) in [6, 6.07) is 15.3. The maximum absolute atomic E-state index is 12.2. The predicted octanol–water partition coefficient (Wildman–Crippen LogP) is 3.35. The van der Waals surface area contributed by atoms with Gasteiger partial charge in [0, 0.05) is 25.2 Å². The van der Waals surface area contributed by atoms with Crippen LogP contribution in [0.5, 0.6) is 0 Å². The van der Waals surface area contributed by atoms with Crippen LogP contribution in [0.3, 0.4) is 0 Å². The Bertz CT molecular complexity index is 846. The van der Waals surface area contributed by atoms with E-state index >= 15 is 0 Å². The van der Waals surface area contributed by atoms with Crippen LogP contribution in [-0.2, 0) is 27.8 Å². The normalized spacial score (nSPS) is 11.5. The maximum atomic E-state index is 12.2. The maximum Gasteiger partial charge on any atom is 0.225 e. The van der Waals surface area contributed by atoms with E-state index in [1.165, 1.54) is 16.1 Å². The van der Waals surface area contributed by atoms with Crippen LogP contribution >= 0.6 is 0 Å². The standard InChI is InChI=1S/C20H26N2O3S/c1-4-17-9-11-19(12-10-17)21-20(23)13-14-22(26(3,24)25)15-18-8-6-5-7-16(18)2/h5-12H,4,13-15H2,1-3H3,(H,21,23). The van der Waals surface area contributed by atoms with Crippen LogP contribution in [0.4, 0.5) is 5.69 Å². The van der Waals surface area contributed by atoms with Gasteiger partial charge in [-0.05, 0) is 42.2 Å². The van der Waals surface area contributed by atoms with E-state index in [0.717, 1.165) is 23.2 Å². The van der Waals surface area contributed by atoms with E-state index in [-0.39, 0.29) is 25.4 Å². The minimum atomic E-state index is -3.40. The van der Waals surface area contributed by atoms with Crippen molar-refractivity contribution in [2.75, 3.05) is 18.1 Å². The van der Waals surface area contributed by atoms with E-state index < -0.39 is 10.0 Å². The highest BCUT2D eigenvalue weighted by molar-refractivity contribution is 7.88. The fourth-order valence-electron chi connectivity index (χ4n) is 2.61. The van der Waals surface area contributed by atoms with Gasteiger partial charge in [-0.2, -0.15) is 4.31 Å². The van der Waals surface area contributed by atoms with Crippen LogP contribution in [0.1, 0.15) is 30.0 Å². The topological polar surface area (TPSA) is 66.5 Å². The van der Waals surface area contributed by atoms with E-state index in [1.54, 1.807) is 0 Å². The molecule has 5 nitrogen and oxygen atoms in total. The fourth-order valence-corrected chi connectivity index (χ4v) is 3.41. The molecule has 140 valence electrons. The van der Waals surface area contributed by atoms with Gasteiger partial charge in [-0.15, -0.1) is 0 Å². The second-order valence-electron chi connectivity index (χ2n) is 6.37. The van der Waals surface area contributed by atoms with Crippen molar-refractivity contribution >= 4 is 21.6 Å². The van der Waals surface area contributed by atoms with Crippen LogP contribution in [0.2, 0.25) is 0 Å². The quantitative estimate of drug-likeness (QED) is 0.770. The number of amides is 1. The Kier molecular flexibility index (Phi) is 6.94. The first kappa shape index (κ1) is 20.1. The predicted molar refractivity (Wildman–Crippen MR) is 105 cm³/mol. The molecule has 0 heterocycles. The van der Waals surface area contributed by atoms with Crippen LogP contribution < -0.4 is 5.32 Å². The van der Waals surface area contributed by atoms with Crippen molar-refractivity contribution in [2.24, 2.45) is 0 Å². The fraction of sp³-hybridized carbons (Fsp3) is 0.350. The Morgan fingerprint density at radius 1 is 1.08 bits per heavy atom. The zero-order chi connectivity index (χ0) is 19.2. The Labute approximate surface area is 156 Å². The minimum Gasteiger partial charge on any atom is -0.326 e. The zero-order valence-corrected chi connectivity index (χ0v) is 16.3. The van der Waals surface area contributed by atoms with Gasteiger partial charge in [-0.25, -0.2) is 8.42 Å². The molecule has 0 aliphatic rings. The Hall–Kier alpha value is -2.18. The van der Waals surface area contributed by atoms with Crippen LogP contribution in [0.15, 0.2) is 48.5 Å². The molecule has 2 aromatic rings. The summed E-state index contributed by atoms with van der Waals surface area (Å²) in [6.45, 7) is 4.43.